The molecule has 3 N–H and O–H groups in total. The lowest BCUT2D eigenvalue weighted by atomic mass is 9.95. The van der Waals surface area contributed by atoms with E-state index in [2.05, 4.69) is 33.6 Å². The fraction of sp³-hybridized carbons (Fsp3) is 0.364. The van der Waals surface area contributed by atoms with Gasteiger partial charge in [-0.2, -0.15) is 0 Å². The van der Waals surface area contributed by atoms with Crippen molar-refractivity contribution in [1.82, 2.24) is 9.97 Å². The topological polar surface area (TPSA) is 69.8 Å². The third-order valence-electron chi connectivity index (χ3n) is 5.40. The predicted molar refractivity (Wildman–Crippen MR) is 110 cm³/mol. The van der Waals surface area contributed by atoms with E-state index in [1.807, 2.05) is 0 Å². The fourth-order valence-electron chi connectivity index (χ4n) is 3.83. The second-order valence-electron chi connectivity index (χ2n) is 7.40. The lowest BCUT2D eigenvalue weighted by Gasteiger charge is -2.25. The van der Waals surface area contributed by atoms with E-state index in [4.69, 9.17) is 0 Å². The van der Waals surface area contributed by atoms with Crippen molar-refractivity contribution in [1.29, 1.82) is 0 Å². The molecule has 3 aromatic rings. The molecule has 0 unspecified atom stereocenters. The summed E-state index contributed by atoms with van der Waals surface area (Å²) >= 11 is 0. The Morgan fingerprint density at radius 1 is 1.21 bits per heavy atom. The van der Waals surface area contributed by atoms with E-state index in [9.17, 15) is 9.18 Å². The highest BCUT2D eigenvalue weighted by molar-refractivity contribution is 6.12. The van der Waals surface area contributed by atoms with Crippen molar-refractivity contribution in [3.05, 3.63) is 53.6 Å². The number of nitrogens with zero attached hydrogens (tertiary/aromatic N) is 1. The van der Waals surface area contributed by atoms with Gasteiger partial charge in [0, 0.05) is 29.0 Å². The number of amides is 1. The summed E-state index contributed by atoms with van der Waals surface area (Å²) < 4.78 is 13.1. The number of rotatable bonds is 5. The van der Waals surface area contributed by atoms with E-state index in [-0.39, 0.29) is 11.7 Å². The Morgan fingerprint density at radius 2 is 1.96 bits per heavy atom. The van der Waals surface area contributed by atoms with Gasteiger partial charge in [0.05, 0.1) is 11.3 Å². The van der Waals surface area contributed by atoms with Gasteiger partial charge in [-0.25, -0.2) is 9.37 Å². The lowest BCUT2D eigenvalue weighted by molar-refractivity contribution is 0.102. The molecule has 0 aliphatic heterocycles. The van der Waals surface area contributed by atoms with Crippen LogP contribution >= 0.6 is 0 Å². The zero-order chi connectivity index (χ0) is 19.5. The van der Waals surface area contributed by atoms with Crippen molar-refractivity contribution in [3.8, 4) is 0 Å². The highest BCUT2D eigenvalue weighted by atomic mass is 19.1. The average Bonchev–Trinajstić information content (AvgIpc) is 3.14. The molecule has 1 aromatic carbocycles. The van der Waals surface area contributed by atoms with Crippen molar-refractivity contribution in [2.75, 3.05) is 10.6 Å². The van der Waals surface area contributed by atoms with Gasteiger partial charge in [0.25, 0.3) is 5.91 Å². The summed E-state index contributed by atoms with van der Waals surface area (Å²) in [5.74, 6) is -0.585. The maximum atomic E-state index is 13.1. The molecule has 2 aromatic heterocycles. The SMILES string of the molecule is CCc1cc2c(NC3CCCCC3)c(C(=O)Nc3ccc(F)cc3)cnc2[nH]1. The lowest BCUT2D eigenvalue weighted by Crippen LogP contribution is -2.24. The number of H-pyrrole nitrogens is 1. The van der Waals surface area contributed by atoms with Gasteiger partial charge in [0.2, 0.25) is 0 Å². The smallest absolute Gasteiger partial charge is 0.259 e. The molecule has 1 aliphatic carbocycles. The third kappa shape index (κ3) is 3.86. The summed E-state index contributed by atoms with van der Waals surface area (Å²) in [6, 6.07) is 8.20. The van der Waals surface area contributed by atoms with E-state index in [0.717, 1.165) is 41.7 Å². The van der Waals surface area contributed by atoms with Gasteiger partial charge in [-0.3, -0.25) is 4.79 Å². The number of anilines is 2. The third-order valence-corrected chi connectivity index (χ3v) is 5.40. The maximum Gasteiger partial charge on any atom is 0.259 e. The number of benzene rings is 1. The molecule has 0 atom stereocenters. The standard InChI is InChI=1S/C22H25FN4O/c1-2-15-12-18-20(25-16-6-4-3-5-7-16)19(13-24-21(18)26-15)22(28)27-17-10-8-14(23)9-11-17/h8-13,16H,2-7H2,1H3,(H,27,28)(H2,24,25,26). The first-order chi connectivity index (χ1) is 13.6. The first-order valence-electron chi connectivity index (χ1n) is 9.98. The van der Waals surface area contributed by atoms with Gasteiger partial charge in [-0.05, 0) is 49.6 Å². The van der Waals surface area contributed by atoms with E-state index >= 15 is 0 Å². The molecule has 1 saturated carbocycles. The van der Waals surface area contributed by atoms with Gasteiger partial charge in [-0.1, -0.05) is 26.2 Å². The van der Waals surface area contributed by atoms with Gasteiger partial charge in [0.1, 0.15) is 11.5 Å². The first kappa shape index (κ1) is 18.5. The number of pyridine rings is 1. The molecule has 0 bridgehead atoms. The maximum absolute atomic E-state index is 13.1. The number of nitrogens with one attached hydrogen (secondary N) is 3. The van der Waals surface area contributed by atoms with Crippen LogP contribution < -0.4 is 10.6 Å². The van der Waals surface area contributed by atoms with Crippen molar-refractivity contribution in [3.63, 3.8) is 0 Å². The summed E-state index contributed by atoms with van der Waals surface area (Å²) in [4.78, 5) is 20.8. The van der Waals surface area contributed by atoms with Gasteiger partial charge >= 0.3 is 0 Å². The molecule has 1 aliphatic rings. The molecule has 6 heteroatoms. The van der Waals surface area contributed by atoms with E-state index in [1.165, 1.54) is 31.4 Å². The number of hydrogen-bond acceptors (Lipinski definition) is 3. The zero-order valence-electron chi connectivity index (χ0n) is 16.0. The summed E-state index contributed by atoms with van der Waals surface area (Å²) in [6.07, 6.45) is 8.37. The van der Waals surface area contributed by atoms with Crippen LogP contribution in [0.2, 0.25) is 0 Å². The number of halogens is 1. The minimum atomic E-state index is -0.333. The molecule has 2 heterocycles. The van der Waals surface area contributed by atoms with Crippen LogP contribution in [0, 0.1) is 5.82 Å². The van der Waals surface area contributed by atoms with Crippen LogP contribution in [0.25, 0.3) is 11.0 Å². The average molecular weight is 380 g/mol. The number of aromatic nitrogens is 2. The first-order valence-corrected chi connectivity index (χ1v) is 9.98. The minimum Gasteiger partial charge on any atom is -0.381 e. The van der Waals surface area contributed by atoms with Crippen molar-refractivity contribution < 1.29 is 9.18 Å². The van der Waals surface area contributed by atoms with E-state index in [1.54, 1.807) is 18.3 Å². The quantitative estimate of drug-likeness (QED) is 0.565. The Kier molecular flexibility index (Phi) is 5.28. The number of hydrogen-bond donors (Lipinski definition) is 3. The Bertz CT molecular complexity index is 974. The van der Waals surface area contributed by atoms with Crippen LogP contribution in [-0.2, 0) is 6.42 Å². The molecule has 0 saturated heterocycles. The van der Waals surface area contributed by atoms with Crippen LogP contribution in [0.4, 0.5) is 15.8 Å². The molecule has 28 heavy (non-hydrogen) atoms. The molecule has 0 radical (unpaired) electrons. The number of carbonyl (C=O) groups excluding carboxylic acids is 1. The predicted octanol–water partition coefficient (Wildman–Crippen LogP) is 5.26. The normalized spacial score (nSPS) is 14.9. The molecule has 4 rings (SSSR count). The number of fused-ring (bicyclic) bond motifs is 1. The highest BCUT2D eigenvalue weighted by Gasteiger charge is 2.21. The Balaban J connectivity index is 1.69. The second-order valence-corrected chi connectivity index (χ2v) is 7.40. The highest BCUT2D eigenvalue weighted by Crippen LogP contribution is 2.31. The summed E-state index contributed by atoms with van der Waals surface area (Å²) in [5, 5.41) is 7.42. The van der Waals surface area contributed by atoms with E-state index in [0.29, 0.717) is 17.3 Å². The van der Waals surface area contributed by atoms with Crippen LogP contribution in [0.15, 0.2) is 36.5 Å². The Labute approximate surface area is 163 Å². The van der Waals surface area contributed by atoms with Crippen molar-refractivity contribution >= 4 is 28.3 Å². The Morgan fingerprint density at radius 3 is 2.68 bits per heavy atom. The molecule has 5 nitrogen and oxygen atoms in total. The van der Waals surface area contributed by atoms with Crippen LogP contribution in [-0.4, -0.2) is 21.9 Å². The Hall–Kier alpha value is -2.89. The zero-order valence-corrected chi connectivity index (χ0v) is 16.0. The summed E-state index contributed by atoms with van der Waals surface area (Å²) in [6.45, 7) is 2.08. The fourth-order valence-corrected chi connectivity index (χ4v) is 3.83. The molecule has 1 amide bonds. The van der Waals surface area contributed by atoms with Crippen LogP contribution in [0.5, 0.6) is 0 Å². The van der Waals surface area contributed by atoms with Crippen molar-refractivity contribution in [2.24, 2.45) is 0 Å². The molecular weight excluding hydrogens is 355 g/mol. The monoisotopic (exact) mass is 380 g/mol. The summed E-state index contributed by atoms with van der Waals surface area (Å²) in [7, 11) is 0. The van der Waals surface area contributed by atoms with Gasteiger partial charge < -0.3 is 15.6 Å². The van der Waals surface area contributed by atoms with E-state index < -0.39 is 0 Å². The van der Waals surface area contributed by atoms with Crippen LogP contribution in [0.1, 0.15) is 55.1 Å². The summed E-state index contributed by atoms with van der Waals surface area (Å²) in [5.41, 5.74) is 3.76. The number of aryl methyl sites for hydroxylation is 1. The number of aromatic amines is 1. The molecular formula is C22H25FN4O. The second kappa shape index (κ2) is 8.00. The molecule has 1 fully saturated rings. The van der Waals surface area contributed by atoms with Crippen molar-refractivity contribution in [2.45, 2.75) is 51.5 Å². The van der Waals surface area contributed by atoms with Gasteiger partial charge in [-0.15, -0.1) is 0 Å². The van der Waals surface area contributed by atoms with Gasteiger partial charge in [0.15, 0.2) is 0 Å². The largest absolute Gasteiger partial charge is 0.381 e. The number of carbonyl (C=O) groups is 1. The minimum absolute atomic E-state index is 0.251. The molecule has 146 valence electrons. The molecule has 0 spiro atoms. The van der Waals surface area contributed by atoms with Crippen LogP contribution in [0.3, 0.4) is 0 Å².